The van der Waals surface area contributed by atoms with Crippen LogP contribution >= 0.6 is 0 Å². The van der Waals surface area contributed by atoms with Crippen molar-refractivity contribution in [3.63, 3.8) is 0 Å². The van der Waals surface area contributed by atoms with Gasteiger partial charge in [-0.1, -0.05) is 18.2 Å². The first kappa shape index (κ1) is 19.5. The summed E-state index contributed by atoms with van der Waals surface area (Å²) >= 11 is 0. The molecule has 2 N–H and O–H groups in total. The fourth-order valence-corrected chi connectivity index (χ4v) is 3.13. The van der Waals surface area contributed by atoms with Gasteiger partial charge < -0.3 is 19.5 Å². The van der Waals surface area contributed by atoms with E-state index in [2.05, 4.69) is 10.0 Å². The lowest BCUT2D eigenvalue weighted by molar-refractivity contribution is -0.237. The third kappa shape index (κ3) is 5.62. The Labute approximate surface area is 147 Å². The van der Waals surface area contributed by atoms with Gasteiger partial charge in [-0.3, -0.25) is 4.79 Å². The highest BCUT2D eigenvalue weighted by Gasteiger charge is 2.36. The van der Waals surface area contributed by atoms with Crippen molar-refractivity contribution in [3.8, 4) is 0 Å². The Kier molecular flexibility index (Phi) is 6.68. The largest absolute Gasteiger partial charge is 0.352 e. The molecule has 0 aliphatic carbocycles. The van der Waals surface area contributed by atoms with Crippen LogP contribution in [0.2, 0.25) is 0 Å². The second-order valence-electron chi connectivity index (χ2n) is 5.36. The molecule has 1 aliphatic rings. The Morgan fingerprint density at radius 1 is 1.28 bits per heavy atom. The molecule has 0 unspecified atom stereocenters. The van der Waals surface area contributed by atoms with Crippen LogP contribution in [-0.2, 0) is 24.2 Å². The number of methoxy groups -OCH3 is 2. The highest BCUT2D eigenvalue weighted by Crippen LogP contribution is 2.24. The number of rotatable bonds is 9. The smallest absolute Gasteiger partial charge is 0.251 e. The fourth-order valence-electron chi connectivity index (χ4n) is 2.19. The van der Waals surface area contributed by atoms with E-state index in [0.717, 1.165) is 0 Å². The summed E-state index contributed by atoms with van der Waals surface area (Å²) in [6.07, 6.45) is 2.65. The normalized spacial score (nSPS) is 22.9. The summed E-state index contributed by atoms with van der Waals surface area (Å²) in [4.78, 5) is 11.9. The number of nitrogens with one attached hydrogen (secondary N) is 2. The molecule has 0 saturated heterocycles. The average molecular weight is 370 g/mol. The van der Waals surface area contributed by atoms with Crippen LogP contribution in [-0.4, -0.2) is 59.5 Å². The molecule has 0 aromatic heterocycles. The standard InChI is InChI=1S/C16H22N2O6S/c1-22-14-8-9-16(23-2,24-14)12-18-25(20,21)11-10-17-15(19)13-6-4-3-5-7-13/h3-9,14,18H,10-12H2,1-2H3,(H,17,19)/t14-,16+/m1/s1. The van der Waals surface area contributed by atoms with Crippen LogP contribution in [0.15, 0.2) is 42.5 Å². The van der Waals surface area contributed by atoms with Crippen molar-refractivity contribution in [1.82, 2.24) is 10.0 Å². The molecule has 0 bridgehead atoms. The van der Waals surface area contributed by atoms with Crippen molar-refractivity contribution in [2.24, 2.45) is 0 Å². The van der Waals surface area contributed by atoms with Gasteiger partial charge >= 0.3 is 0 Å². The van der Waals surface area contributed by atoms with Crippen molar-refractivity contribution in [3.05, 3.63) is 48.0 Å². The number of carbonyl (C=O) groups excluding carboxylic acids is 1. The number of hydrogen-bond acceptors (Lipinski definition) is 6. The molecule has 0 saturated carbocycles. The Morgan fingerprint density at radius 2 is 2.00 bits per heavy atom. The molecule has 1 aromatic carbocycles. The van der Waals surface area contributed by atoms with E-state index in [1.165, 1.54) is 14.2 Å². The molecule has 1 aromatic rings. The predicted molar refractivity (Wildman–Crippen MR) is 91.3 cm³/mol. The van der Waals surface area contributed by atoms with Crippen LogP contribution in [0.25, 0.3) is 0 Å². The van der Waals surface area contributed by atoms with E-state index < -0.39 is 22.1 Å². The summed E-state index contributed by atoms with van der Waals surface area (Å²) in [5.74, 6) is -1.79. The lowest BCUT2D eigenvalue weighted by atomic mass is 10.2. The maximum absolute atomic E-state index is 12.1. The fraction of sp³-hybridized carbons (Fsp3) is 0.438. The van der Waals surface area contributed by atoms with Gasteiger partial charge in [0.1, 0.15) is 0 Å². The summed E-state index contributed by atoms with van der Waals surface area (Å²) in [7, 11) is -0.733. The summed E-state index contributed by atoms with van der Waals surface area (Å²) < 4.78 is 42.3. The average Bonchev–Trinajstić information content (AvgIpc) is 3.05. The first-order valence-corrected chi connectivity index (χ1v) is 9.31. The molecule has 2 rings (SSSR count). The molecule has 1 aliphatic heterocycles. The molecule has 1 amide bonds. The number of amides is 1. The molecule has 0 spiro atoms. The lowest BCUT2D eigenvalue weighted by Gasteiger charge is -2.27. The van der Waals surface area contributed by atoms with Crippen LogP contribution in [0.3, 0.4) is 0 Å². The number of sulfonamides is 1. The van der Waals surface area contributed by atoms with Crippen molar-refractivity contribution >= 4 is 15.9 Å². The van der Waals surface area contributed by atoms with Crippen molar-refractivity contribution < 1.29 is 27.4 Å². The van der Waals surface area contributed by atoms with Crippen LogP contribution < -0.4 is 10.0 Å². The molecule has 25 heavy (non-hydrogen) atoms. The highest BCUT2D eigenvalue weighted by molar-refractivity contribution is 7.89. The number of carbonyl (C=O) groups is 1. The molecular weight excluding hydrogens is 348 g/mol. The minimum absolute atomic E-state index is 0.0135. The predicted octanol–water partition coefficient (Wildman–Crippen LogP) is 0.237. The maximum Gasteiger partial charge on any atom is 0.251 e. The van der Waals surface area contributed by atoms with Gasteiger partial charge in [0.05, 0.1) is 12.3 Å². The van der Waals surface area contributed by atoms with Crippen LogP contribution in [0.1, 0.15) is 10.4 Å². The SMILES string of the molecule is CO[C@H]1C=C[C@](CNS(=O)(=O)CCNC(=O)c2ccccc2)(OC)O1. The van der Waals surface area contributed by atoms with Gasteiger partial charge in [0.2, 0.25) is 15.8 Å². The molecule has 138 valence electrons. The zero-order valence-corrected chi connectivity index (χ0v) is 14.9. The first-order chi connectivity index (χ1) is 11.9. The van der Waals surface area contributed by atoms with Crippen LogP contribution in [0, 0.1) is 0 Å². The van der Waals surface area contributed by atoms with E-state index in [1.807, 2.05) is 0 Å². The Morgan fingerprint density at radius 3 is 2.60 bits per heavy atom. The zero-order chi connectivity index (χ0) is 18.3. The van der Waals surface area contributed by atoms with Crippen LogP contribution in [0.4, 0.5) is 0 Å². The summed E-state index contributed by atoms with van der Waals surface area (Å²) in [6, 6.07) is 8.57. The van der Waals surface area contributed by atoms with Gasteiger partial charge in [-0.25, -0.2) is 13.1 Å². The minimum atomic E-state index is -3.62. The second-order valence-corrected chi connectivity index (χ2v) is 7.29. The monoisotopic (exact) mass is 370 g/mol. The topological polar surface area (TPSA) is 103 Å². The molecule has 0 fully saturated rings. The number of ether oxygens (including phenoxy) is 3. The summed E-state index contributed by atoms with van der Waals surface area (Å²) in [5.41, 5.74) is 0.473. The lowest BCUT2D eigenvalue weighted by Crippen LogP contribution is -2.46. The second kappa shape index (κ2) is 8.54. The minimum Gasteiger partial charge on any atom is -0.352 e. The quantitative estimate of drug-likeness (QED) is 0.604. The molecule has 8 nitrogen and oxygen atoms in total. The van der Waals surface area contributed by atoms with Gasteiger partial charge in [0.15, 0.2) is 6.29 Å². The van der Waals surface area contributed by atoms with Gasteiger partial charge in [0.25, 0.3) is 5.91 Å². The van der Waals surface area contributed by atoms with E-state index in [0.29, 0.717) is 5.56 Å². The third-order valence-corrected chi connectivity index (χ3v) is 4.96. The van der Waals surface area contributed by atoms with Crippen molar-refractivity contribution in [2.45, 2.75) is 12.1 Å². The van der Waals surface area contributed by atoms with Gasteiger partial charge in [0, 0.05) is 26.3 Å². The Hall–Kier alpha value is -1.78. The molecule has 0 radical (unpaired) electrons. The highest BCUT2D eigenvalue weighted by atomic mass is 32.2. The van der Waals surface area contributed by atoms with E-state index >= 15 is 0 Å². The van der Waals surface area contributed by atoms with Gasteiger partial charge in [-0.2, -0.15) is 0 Å². The maximum atomic E-state index is 12.1. The van der Waals surface area contributed by atoms with Crippen LogP contribution in [0.5, 0.6) is 0 Å². The number of hydrogen-bond donors (Lipinski definition) is 2. The third-order valence-electron chi connectivity index (χ3n) is 3.63. The van der Waals surface area contributed by atoms with Gasteiger partial charge in [-0.05, 0) is 24.3 Å². The van der Waals surface area contributed by atoms with E-state index in [4.69, 9.17) is 14.2 Å². The molecule has 1 heterocycles. The summed E-state index contributed by atoms with van der Waals surface area (Å²) in [5, 5.41) is 2.57. The van der Waals surface area contributed by atoms with Crippen molar-refractivity contribution in [1.29, 1.82) is 0 Å². The van der Waals surface area contributed by atoms with Gasteiger partial charge in [-0.15, -0.1) is 0 Å². The molecular formula is C16H22N2O6S. The van der Waals surface area contributed by atoms with Crippen molar-refractivity contribution in [2.75, 3.05) is 33.1 Å². The van der Waals surface area contributed by atoms with E-state index in [1.54, 1.807) is 42.5 Å². The molecule has 2 atom stereocenters. The number of benzene rings is 1. The Bertz CT molecular complexity index is 707. The molecule has 9 heteroatoms. The van der Waals surface area contributed by atoms with E-state index in [9.17, 15) is 13.2 Å². The Balaban J connectivity index is 1.80. The zero-order valence-electron chi connectivity index (χ0n) is 14.1. The van der Waals surface area contributed by atoms with E-state index in [-0.39, 0.29) is 24.7 Å². The first-order valence-electron chi connectivity index (χ1n) is 7.65. The summed E-state index contributed by atoms with van der Waals surface area (Å²) in [6.45, 7) is -0.116.